The Bertz CT molecular complexity index is 522. The average Bonchev–Trinajstić information content (AvgIpc) is 2.30. The van der Waals surface area contributed by atoms with E-state index in [0.29, 0.717) is 4.47 Å². The number of nitriles is 1. The van der Waals surface area contributed by atoms with E-state index in [9.17, 15) is 14.9 Å². The smallest absolute Gasteiger partial charge is 0.310 e. The number of nitro benzene ring substituents is 1. The van der Waals surface area contributed by atoms with Gasteiger partial charge in [-0.2, -0.15) is 5.26 Å². The highest BCUT2D eigenvalue weighted by molar-refractivity contribution is 9.10. The van der Waals surface area contributed by atoms with Crippen LogP contribution >= 0.6 is 15.9 Å². The molecule has 0 aliphatic rings. The highest BCUT2D eigenvalue weighted by Gasteiger charge is 2.21. The molecule has 0 unspecified atom stereocenters. The highest BCUT2D eigenvalue weighted by Crippen LogP contribution is 2.27. The summed E-state index contributed by atoms with van der Waals surface area (Å²) in [4.78, 5) is 21.3. The summed E-state index contributed by atoms with van der Waals surface area (Å²) in [5, 5.41) is 19.7. The van der Waals surface area contributed by atoms with Gasteiger partial charge in [0.25, 0.3) is 5.69 Å². The van der Waals surface area contributed by atoms with E-state index < -0.39 is 10.9 Å². The molecule has 0 bridgehead atoms. The molecule has 0 atom stereocenters. The number of hydrogen-bond donors (Lipinski definition) is 0. The molecule has 88 valence electrons. The van der Waals surface area contributed by atoms with Gasteiger partial charge in [-0.25, -0.2) is 0 Å². The van der Waals surface area contributed by atoms with Gasteiger partial charge in [0.05, 0.1) is 35.7 Å². The quantitative estimate of drug-likeness (QED) is 0.483. The molecular formula is C10H7BrN2O4. The fourth-order valence-electron chi connectivity index (χ4n) is 1.29. The molecule has 0 aliphatic carbocycles. The zero-order chi connectivity index (χ0) is 13.0. The summed E-state index contributed by atoms with van der Waals surface area (Å²) in [6, 6.07) is 4.49. The zero-order valence-electron chi connectivity index (χ0n) is 8.77. The topological polar surface area (TPSA) is 93.2 Å². The van der Waals surface area contributed by atoms with Crippen LogP contribution in [0.15, 0.2) is 16.6 Å². The fourth-order valence-corrected chi connectivity index (χ4v) is 1.73. The number of nitrogens with zero attached hydrogens (tertiary/aromatic N) is 2. The van der Waals surface area contributed by atoms with Gasteiger partial charge in [0.1, 0.15) is 0 Å². The van der Waals surface area contributed by atoms with Crippen molar-refractivity contribution >= 4 is 27.6 Å². The lowest BCUT2D eigenvalue weighted by atomic mass is 10.0. The molecule has 6 nitrogen and oxygen atoms in total. The summed E-state index contributed by atoms with van der Waals surface area (Å²) in [6.45, 7) is 0. The maximum Gasteiger partial charge on any atom is 0.310 e. The molecule has 0 saturated carbocycles. The van der Waals surface area contributed by atoms with Crippen molar-refractivity contribution in [2.24, 2.45) is 0 Å². The summed E-state index contributed by atoms with van der Waals surface area (Å²) < 4.78 is 4.85. The summed E-state index contributed by atoms with van der Waals surface area (Å²) in [5.74, 6) is -0.632. The fraction of sp³-hybridized carbons (Fsp3) is 0.200. The molecule has 0 amide bonds. The SMILES string of the molecule is COC(=O)Cc1c(C#N)cc(Br)cc1[N+](=O)[O-]. The maximum absolute atomic E-state index is 11.1. The second-order valence-electron chi connectivity index (χ2n) is 3.07. The number of rotatable bonds is 3. The Morgan fingerprint density at radius 1 is 1.65 bits per heavy atom. The van der Waals surface area contributed by atoms with E-state index in [1.807, 2.05) is 6.07 Å². The van der Waals surface area contributed by atoms with Gasteiger partial charge in [-0.3, -0.25) is 14.9 Å². The summed E-state index contributed by atoms with van der Waals surface area (Å²) in [7, 11) is 1.18. The van der Waals surface area contributed by atoms with Crippen LogP contribution in [-0.2, 0) is 16.0 Å². The Hall–Kier alpha value is -1.94. The van der Waals surface area contributed by atoms with E-state index in [4.69, 9.17) is 5.26 Å². The first-order chi connectivity index (χ1) is 7.99. The van der Waals surface area contributed by atoms with Crippen LogP contribution in [0.4, 0.5) is 5.69 Å². The number of ether oxygens (including phenoxy) is 1. The van der Waals surface area contributed by atoms with Crippen LogP contribution in [0.25, 0.3) is 0 Å². The van der Waals surface area contributed by atoms with Crippen molar-refractivity contribution in [1.29, 1.82) is 5.26 Å². The number of methoxy groups -OCH3 is 1. The molecule has 1 aromatic rings. The van der Waals surface area contributed by atoms with Gasteiger partial charge in [0.2, 0.25) is 0 Å². The van der Waals surface area contributed by atoms with Gasteiger partial charge in [-0.05, 0) is 6.07 Å². The molecule has 0 radical (unpaired) electrons. The van der Waals surface area contributed by atoms with Gasteiger partial charge >= 0.3 is 5.97 Å². The first-order valence-corrected chi connectivity index (χ1v) is 5.22. The maximum atomic E-state index is 11.1. The predicted octanol–water partition coefficient (Wildman–Crippen LogP) is 1.94. The summed E-state index contributed by atoms with van der Waals surface area (Å²) in [6.07, 6.45) is -0.303. The van der Waals surface area contributed by atoms with E-state index in [-0.39, 0.29) is 23.2 Å². The van der Waals surface area contributed by atoms with Crippen molar-refractivity contribution in [2.75, 3.05) is 7.11 Å². The summed E-state index contributed by atoms with van der Waals surface area (Å²) in [5.41, 5.74) is -0.134. The Balaban J connectivity index is 3.38. The number of benzene rings is 1. The molecule has 0 saturated heterocycles. The molecule has 1 aromatic carbocycles. The number of hydrogen-bond acceptors (Lipinski definition) is 5. The lowest BCUT2D eigenvalue weighted by Gasteiger charge is -2.04. The zero-order valence-corrected chi connectivity index (χ0v) is 10.4. The van der Waals surface area contributed by atoms with Crippen molar-refractivity contribution in [3.63, 3.8) is 0 Å². The average molecular weight is 299 g/mol. The molecule has 17 heavy (non-hydrogen) atoms. The minimum Gasteiger partial charge on any atom is -0.469 e. The van der Waals surface area contributed by atoms with Crippen LogP contribution in [-0.4, -0.2) is 18.0 Å². The van der Waals surface area contributed by atoms with Gasteiger partial charge in [0.15, 0.2) is 0 Å². The molecule has 1 rings (SSSR count). The third-order valence-electron chi connectivity index (χ3n) is 2.06. The van der Waals surface area contributed by atoms with Crippen LogP contribution in [0, 0.1) is 21.4 Å². The number of carbonyl (C=O) groups is 1. The molecular weight excluding hydrogens is 292 g/mol. The molecule has 0 heterocycles. The Morgan fingerprint density at radius 2 is 2.29 bits per heavy atom. The Morgan fingerprint density at radius 3 is 2.76 bits per heavy atom. The molecule has 7 heteroatoms. The monoisotopic (exact) mass is 298 g/mol. The van der Waals surface area contributed by atoms with Crippen LogP contribution < -0.4 is 0 Å². The van der Waals surface area contributed by atoms with Gasteiger partial charge in [-0.15, -0.1) is 0 Å². The Labute approximate surface area is 105 Å². The number of halogens is 1. The van der Waals surface area contributed by atoms with Crippen LogP contribution in [0.3, 0.4) is 0 Å². The van der Waals surface area contributed by atoms with Gasteiger partial charge in [0, 0.05) is 10.5 Å². The van der Waals surface area contributed by atoms with E-state index in [1.165, 1.54) is 19.2 Å². The lowest BCUT2D eigenvalue weighted by Crippen LogP contribution is -2.08. The largest absolute Gasteiger partial charge is 0.469 e. The van der Waals surface area contributed by atoms with E-state index in [1.54, 1.807) is 0 Å². The van der Waals surface area contributed by atoms with Crippen LogP contribution in [0.5, 0.6) is 0 Å². The third kappa shape index (κ3) is 3.01. The van der Waals surface area contributed by atoms with Gasteiger partial charge in [-0.1, -0.05) is 15.9 Å². The van der Waals surface area contributed by atoms with Crippen molar-refractivity contribution in [1.82, 2.24) is 0 Å². The molecule has 0 N–H and O–H groups in total. The molecule has 0 aromatic heterocycles. The first-order valence-electron chi connectivity index (χ1n) is 4.43. The second-order valence-corrected chi connectivity index (χ2v) is 3.99. The van der Waals surface area contributed by atoms with Crippen molar-refractivity contribution in [2.45, 2.75) is 6.42 Å². The van der Waals surface area contributed by atoms with E-state index in [0.717, 1.165) is 0 Å². The number of nitro groups is 1. The first kappa shape index (κ1) is 13.1. The highest BCUT2D eigenvalue weighted by atomic mass is 79.9. The van der Waals surface area contributed by atoms with E-state index in [2.05, 4.69) is 20.7 Å². The second kappa shape index (κ2) is 5.41. The molecule has 0 spiro atoms. The van der Waals surface area contributed by atoms with Crippen molar-refractivity contribution in [3.8, 4) is 6.07 Å². The summed E-state index contributed by atoms with van der Waals surface area (Å²) >= 11 is 3.07. The van der Waals surface area contributed by atoms with Crippen LogP contribution in [0.2, 0.25) is 0 Å². The minimum absolute atomic E-state index is 0.0625. The lowest BCUT2D eigenvalue weighted by molar-refractivity contribution is -0.385. The van der Waals surface area contributed by atoms with Crippen molar-refractivity contribution in [3.05, 3.63) is 37.8 Å². The minimum atomic E-state index is -0.635. The number of carbonyl (C=O) groups excluding carboxylic acids is 1. The van der Waals surface area contributed by atoms with E-state index >= 15 is 0 Å². The standard InChI is InChI=1S/C10H7BrN2O4/c1-17-10(14)4-8-6(5-12)2-7(11)3-9(8)13(15)16/h2-3H,4H2,1H3. The van der Waals surface area contributed by atoms with Crippen LogP contribution in [0.1, 0.15) is 11.1 Å². The third-order valence-corrected chi connectivity index (χ3v) is 2.51. The number of esters is 1. The van der Waals surface area contributed by atoms with Gasteiger partial charge < -0.3 is 4.74 Å². The Kier molecular flexibility index (Phi) is 4.17. The van der Waals surface area contributed by atoms with Crippen molar-refractivity contribution < 1.29 is 14.5 Å². The predicted molar refractivity (Wildman–Crippen MR) is 61.2 cm³/mol. The normalized spacial score (nSPS) is 9.47. The molecule has 0 aliphatic heterocycles. The molecule has 0 fully saturated rings.